The predicted octanol–water partition coefficient (Wildman–Crippen LogP) is 20.1. The molecule has 0 spiro atoms. The Morgan fingerprint density at radius 3 is 0.764 bits per heavy atom. The zero-order chi connectivity index (χ0) is 65.6. The van der Waals surface area contributed by atoms with E-state index in [0.717, 1.165) is 109 Å². The zero-order valence-corrected chi connectivity index (χ0v) is 59.4. The Morgan fingerprint density at radius 1 is 0.303 bits per heavy atom. The molecule has 89 heavy (non-hydrogen) atoms. The maximum Gasteiger partial charge on any atom is 0.472 e. The molecule has 0 aromatic carbocycles. The van der Waals surface area contributed by atoms with Crippen LogP contribution in [0.3, 0.4) is 0 Å². The Morgan fingerprint density at radius 2 is 0.517 bits per heavy atom. The van der Waals surface area contributed by atoms with Crippen LogP contribution in [0, 0.1) is 5.92 Å². The van der Waals surface area contributed by atoms with E-state index in [4.69, 9.17) is 37.0 Å². The molecule has 17 nitrogen and oxygen atoms in total. The Bertz CT molecular complexity index is 1720. The summed E-state index contributed by atoms with van der Waals surface area (Å²) in [6.07, 6.45) is 50.1. The maximum atomic E-state index is 13.0. The molecule has 0 aromatic rings. The van der Waals surface area contributed by atoms with Gasteiger partial charge < -0.3 is 33.8 Å². The van der Waals surface area contributed by atoms with E-state index in [9.17, 15) is 43.2 Å². The van der Waals surface area contributed by atoms with Gasteiger partial charge in [-0.25, -0.2) is 9.13 Å². The fourth-order valence-electron chi connectivity index (χ4n) is 10.6. The van der Waals surface area contributed by atoms with Gasteiger partial charge in [0.2, 0.25) is 0 Å². The fraction of sp³-hybridized carbons (Fsp3) is 0.943. The van der Waals surface area contributed by atoms with Crippen LogP contribution in [0.5, 0.6) is 0 Å². The summed E-state index contributed by atoms with van der Waals surface area (Å²) in [7, 11) is -9.89. The van der Waals surface area contributed by atoms with Crippen LogP contribution < -0.4 is 0 Å². The van der Waals surface area contributed by atoms with Crippen LogP contribution in [0.15, 0.2) is 0 Å². The molecule has 0 saturated heterocycles. The van der Waals surface area contributed by atoms with E-state index in [1.807, 2.05) is 0 Å². The molecule has 3 N–H and O–H groups in total. The largest absolute Gasteiger partial charge is 0.472 e. The number of carbonyl (C=O) groups is 4. The third-order valence-electron chi connectivity index (χ3n) is 16.3. The zero-order valence-electron chi connectivity index (χ0n) is 57.6. The van der Waals surface area contributed by atoms with Crippen molar-refractivity contribution >= 4 is 39.5 Å². The lowest BCUT2D eigenvalue weighted by Gasteiger charge is -2.21. The van der Waals surface area contributed by atoms with Crippen molar-refractivity contribution in [2.75, 3.05) is 39.6 Å². The number of ether oxygens (including phenoxy) is 4. The molecule has 0 amide bonds. The molecule has 0 aromatic heterocycles. The van der Waals surface area contributed by atoms with Crippen LogP contribution >= 0.6 is 15.6 Å². The summed E-state index contributed by atoms with van der Waals surface area (Å²) in [6.45, 7) is 7.22. The summed E-state index contributed by atoms with van der Waals surface area (Å²) in [5.41, 5.74) is 0. The minimum Gasteiger partial charge on any atom is -0.462 e. The first-order valence-electron chi connectivity index (χ1n) is 36.6. The second kappa shape index (κ2) is 63.5. The molecule has 0 fully saturated rings. The standard InChI is InChI=1S/C70H136O17P2/c1-6-9-12-15-18-21-22-23-29-32-35-40-44-49-54-68(73)81-60-66(87-70(75)56-51-46-41-36-33-30-27-25-24-26-28-31-34-37-42-47-52-63(4)5)62-85-89(78,79)83-58-64(71)57-82-88(76,77)84-61-65(86-69(74)55-50-45-39-20-17-14-11-8-3)59-80-67(72)53-48-43-38-19-16-13-10-7-2/h63-66,71H,6-62H2,1-5H3,(H,76,77)(H,78,79)/t64-,65+,66+/m0/s1. The van der Waals surface area contributed by atoms with Gasteiger partial charge in [0.15, 0.2) is 12.2 Å². The highest BCUT2D eigenvalue weighted by atomic mass is 31.2. The average molecular weight is 1310 g/mol. The van der Waals surface area contributed by atoms with Gasteiger partial charge in [-0.2, -0.15) is 0 Å². The van der Waals surface area contributed by atoms with E-state index in [0.29, 0.717) is 25.7 Å². The molecule has 19 heteroatoms. The van der Waals surface area contributed by atoms with Crippen LogP contribution in [-0.2, 0) is 65.4 Å². The highest BCUT2D eigenvalue weighted by molar-refractivity contribution is 7.47. The number of hydrogen-bond acceptors (Lipinski definition) is 15. The number of aliphatic hydroxyl groups is 1. The normalized spacial score (nSPS) is 14.1. The van der Waals surface area contributed by atoms with Crippen LogP contribution in [0.4, 0.5) is 0 Å². The van der Waals surface area contributed by atoms with Gasteiger partial charge in [-0.15, -0.1) is 0 Å². The summed E-state index contributed by atoms with van der Waals surface area (Å²) >= 11 is 0. The van der Waals surface area contributed by atoms with Crippen LogP contribution in [-0.4, -0.2) is 96.7 Å². The molecular formula is C70H136O17P2. The smallest absolute Gasteiger partial charge is 0.462 e. The maximum absolute atomic E-state index is 13.0. The number of unbranched alkanes of at least 4 members (excludes halogenated alkanes) is 42. The minimum absolute atomic E-state index is 0.105. The summed E-state index contributed by atoms with van der Waals surface area (Å²) in [5.74, 6) is -1.32. The number of hydrogen-bond donors (Lipinski definition) is 3. The topological polar surface area (TPSA) is 237 Å². The van der Waals surface area contributed by atoms with E-state index in [-0.39, 0.29) is 25.7 Å². The van der Waals surface area contributed by atoms with Crippen molar-refractivity contribution in [2.24, 2.45) is 5.92 Å². The number of esters is 4. The van der Waals surface area contributed by atoms with Crippen molar-refractivity contribution in [1.82, 2.24) is 0 Å². The molecule has 2 unspecified atom stereocenters. The monoisotopic (exact) mass is 1310 g/mol. The van der Waals surface area contributed by atoms with E-state index in [2.05, 4.69) is 34.6 Å². The number of aliphatic hydroxyl groups excluding tert-OH is 1. The molecule has 0 aliphatic carbocycles. The van der Waals surface area contributed by atoms with Gasteiger partial charge in [-0.05, 0) is 31.6 Å². The average Bonchev–Trinajstić information content (AvgIpc) is 3.72. The first-order chi connectivity index (χ1) is 43.0. The van der Waals surface area contributed by atoms with Gasteiger partial charge in [-0.3, -0.25) is 37.3 Å². The van der Waals surface area contributed by atoms with E-state index >= 15 is 0 Å². The highest BCUT2D eigenvalue weighted by Crippen LogP contribution is 2.45. The van der Waals surface area contributed by atoms with Gasteiger partial charge in [0.05, 0.1) is 26.4 Å². The predicted molar refractivity (Wildman–Crippen MR) is 358 cm³/mol. The summed E-state index contributed by atoms with van der Waals surface area (Å²) < 4.78 is 68.1. The number of phosphoric ester groups is 2. The van der Waals surface area contributed by atoms with Gasteiger partial charge >= 0.3 is 39.5 Å². The van der Waals surface area contributed by atoms with Gasteiger partial charge in [0, 0.05) is 25.7 Å². The van der Waals surface area contributed by atoms with Crippen LogP contribution in [0.1, 0.15) is 362 Å². The number of carbonyl (C=O) groups excluding carboxylic acids is 4. The first kappa shape index (κ1) is 87.1. The molecule has 0 radical (unpaired) electrons. The molecule has 528 valence electrons. The Kier molecular flexibility index (Phi) is 62.1. The summed E-state index contributed by atoms with van der Waals surface area (Å²) in [4.78, 5) is 72.3. The van der Waals surface area contributed by atoms with Crippen molar-refractivity contribution in [3.63, 3.8) is 0 Å². The van der Waals surface area contributed by atoms with E-state index < -0.39 is 97.5 Å². The summed E-state index contributed by atoms with van der Waals surface area (Å²) in [5, 5.41) is 10.6. The third-order valence-corrected chi connectivity index (χ3v) is 18.2. The minimum atomic E-state index is -4.95. The Balaban J connectivity index is 5.16. The Hall–Kier alpha value is -1.94. The lowest BCUT2D eigenvalue weighted by Crippen LogP contribution is -2.30. The van der Waals surface area contributed by atoms with E-state index in [1.54, 1.807) is 0 Å². The van der Waals surface area contributed by atoms with Crippen molar-refractivity contribution in [3.8, 4) is 0 Å². The molecular weight excluding hydrogens is 1170 g/mol. The van der Waals surface area contributed by atoms with Crippen LogP contribution in [0.2, 0.25) is 0 Å². The lowest BCUT2D eigenvalue weighted by atomic mass is 10.0. The Labute approximate surface area is 543 Å². The van der Waals surface area contributed by atoms with Crippen molar-refractivity contribution in [3.05, 3.63) is 0 Å². The van der Waals surface area contributed by atoms with Crippen molar-refractivity contribution in [2.45, 2.75) is 380 Å². The second-order valence-electron chi connectivity index (χ2n) is 25.7. The molecule has 5 atom stereocenters. The molecule has 0 rings (SSSR count). The van der Waals surface area contributed by atoms with Crippen molar-refractivity contribution < 1.29 is 80.2 Å². The molecule has 0 aliphatic rings. The molecule has 0 aliphatic heterocycles. The number of phosphoric acid groups is 2. The number of rotatable bonds is 70. The van der Waals surface area contributed by atoms with Crippen molar-refractivity contribution in [1.29, 1.82) is 0 Å². The fourth-order valence-corrected chi connectivity index (χ4v) is 12.2. The molecule has 0 bridgehead atoms. The second-order valence-corrected chi connectivity index (χ2v) is 28.7. The highest BCUT2D eigenvalue weighted by Gasteiger charge is 2.30. The first-order valence-corrected chi connectivity index (χ1v) is 39.6. The van der Waals surface area contributed by atoms with Crippen LogP contribution in [0.25, 0.3) is 0 Å². The van der Waals surface area contributed by atoms with Gasteiger partial charge in [0.1, 0.15) is 19.3 Å². The summed E-state index contributed by atoms with van der Waals surface area (Å²) in [6, 6.07) is 0. The molecule has 0 saturated carbocycles. The van der Waals surface area contributed by atoms with E-state index in [1.165, 1.54) is 173 Å². The van der Waals surface area contributed by atoms with Gasteiger partial charge in [0.25, 0.3) is 0 Å². The SMILES string of the molecule is CCCCCCCCCCCCCCCCC(=O)OC[C@H](COP(=O)(O)OC[C@@H](O)COP(=O)(O)OC[C@@H](COC(=O)CCCCCCCCCC)OC(=O)CCCCCCCCCC)OC(=O)CCCCCCCCCCCCCCCCCCC(C)C. The third kappa shape index (κ3) is 64.6. The quantitative estimate of drug-likeness (QED) is 0.0222. The lowest BCUT2D eigenvalue weighted by molar-refractivity contribution is -0.161. The van der Waals surface area contributed by atoms with Gasteiger partial charge in [-0.1, -0.05) is 311 Å². The molecule has 0 heterocycles.